The zero-order valence-corrected chi connectivity index (χ0v) is 9.14. The van der Waals surface area contributed by atoms with Crippen LogP contribution in [0.3, 0.4) is 0 Å². The van der Waals surface area contributed by atoms with Crippen molar-refractivity contribution in [1.29, 1.82) is 0 Å². The first-order chi connectivity index (χ1) is 7.26. The maximum absolute atomic E-state index is 8.89. The van der Waals surface area contributed by atoms with E-state index >= 15 is 0 Å². The number of aliphatic hydroxyl groups is 1. The summed E-state index contributed by atoms with van der Waals surface area (Å²) in [5.41, 5.74) is 0.608. The van der Waals surface area contributed by atoms with Crippen LogP contribution in [-0.4, -0.2) is 29.4 Å². The number of aliphatic hydroxyl groups excluding tert-OH is 1. The first-order valence-corrected chi connectivity index (χ1v) is 5.07. The van der Waals surface area contributed by atoms with E-state index in [1.54, 1.807) is 18.2 Å². The Balaban J connectivity index is 2.48. The van der Waals surface area contributed by atoms with E-state index in [9.17, 15) is 0 Å². The van der Waals surface area contributed by atoms with Gasteiger partial charge in [-0.1, -0.05) is 6.07 Å². The quantitative estimate of drug-likeness (QED) is 0.772. The van der Waals surface area contributed by atoms with Crippen molar-refractivity contribution in [3.63, 3.8) is 0 Å². The molecule has 0 saturated carbocycles. The molecule has 0 aliphatic carbocycles. The standard InChI is InChI=1S/C11H17NO3/c1-3-14-8-9(2)15-11-6-4-5-10(7-13)12-11/h4-6,9,13H,3,7-8H2,1-2H3. The molecule has 1 aromatic heterocycles. The Morgan fingerprint density at radius 2 is 2.27 bits per heavy atom. The Kier molecular flexibility index (Phi) is 5.07. The highest BCUT2D eigenvalue weighted by atomic mass is 16.5. The average Bonchev–Trinajstić information content (AvgIpc) is 2.26. The summed E-state index contributed by atoms with van der Waals surface area (Å²) in [5.74, 6) is 0.522. The molecule has 84 valence electrons. The second-order valence-corrected chi connectivity index (χ2v) is 3.21. The summed E-state index contributed by atoms with van der Waals surface area (Å²) < 4.78 is 10.7. The molecule has 0 saturated heterocycles. The highest BCUT2D eigenvalue weighted by molar-refractivity contribution is 5.15. The minimum Gasteiger partial charge on any atom is -0.472 e. The van der Waals surface area contributed by atoms with E-state index in [0.29, 0.717) is 24.8 Å². The van der Waals surface area contributed by atoms with Gasteiger partial charge in [0.1, 0.15) is 6.10 Å². The fourth-order valence-corrected chi connectivity index (χ4v) is 1.14. The van der Waals surface area contributed by atoms with Crippen LogP contribution in [0, 0.1) is 0 Å². The fraction of sp³-hybridized carbons (Fsp3) is 0.545. The van der Waals surface area contributed by atoms with Gasteiger partial charge >= 0.3 is 0 Å². The minimum atomic E-state index is -0.0724. The normalized spacial score (nSPS) is 12.5. The lowest BCUT2D eigenvalue weighted by atomic mass is 10.3. The van der Waals surface area contributed by atoms with Gasteiger partial charge < -0.3 is 14.6 Å². The Bertz CT molecular complexity index is 291. The number of rotatable bonds is 6. The van der Waals surface area contributed by atoms with Crippen LogP contribution in [0.15, 0.2) is 18.2 Å². The summed E-state index contributed by atoms with van der Waals surface area (Å²) in [6.07, 6.45) is -0.0357. The van der Waals surface area contributed by atoms with Crippen molar-refractivity contribution in [3.8, 4) is 5.88 Å². The summed E-state index contributed by atoms with van der Waals surface area (Å²) in [6, 6.07) is 5.32. The van der Waals surface area contributed by atoms with E-state index in [1.807, 2.05) is 13.8 Å². The molecular formula is C11H17NO3. The summed E-state index contributed by atoms with van der Waals surface area (Å²) in [6.45, 7) is 5.01. The van der Waals surface area contributed by atoms with Crippen LogP contribution in [0.5, 0.6) is 5.88 Å². The van der Waals surface area contributed by atoms with Crippen LogP contribution < -0.4 is 4.74 Å². The van der Waals surface area contributed by atoms with Gasteiger partial charge in [0.2, 0.25) is 5.88 Å². The van der Waals surface area contributed by atoms with E-state index in [1.165, 1.54) is 0 Å². The Hall–Kier alpha value is -1.13. The van der Waals surface area contributed by atoms with Crippen molar-refractivity contribution in [2.24, 2.45) is 0 Å². The third-order valence-corrected chi connectivity index (χ3v) is 1.82. The SMILES string of the molecule is CCOCC(C)Oc1cccc(CO)n1. The van der Waals surface area contributed by atoms with Gasteiger partial charge in [-0.2, -0.15) is 0 Å². The smallest absolute Gasteiger partial charge is 0.213 e. The summed E-state index contributed by atoms with van der Waals surface area (Å²) >= 11 is 0. The number of aromatic nitrogens is 1. The van der Waals surface area contributed by atoms with Crippen molar-refractivity contribution in [2.75, 3.05) is 13.2 Å². The summed E-state index contributed by atoms with van der Waals surface area (Å²) in [5, 5.41) is 8.89. The Morgan fingerprint density at radius 3 is 2.93 bits per heavy atom. The first-order valence-electron chi connectivity index (χ1n) is 5.07. The largest absolute Gasteiger partial charge is 0.472 e. The zero-order valence-electron chi connectivity index (χ0n) is 9.14. The van der Waals surface area contributed by atoms with Gasteiger partial charge in [-0.15, -0.1) is 0 Å². The molecule has 4 heteroatoms. The van der Waals surface area contributed by atoms with E-state index in [0.717, 1.165) is 0 Å². The van der Waals surface area contributed by atoms with Gasteiger partial charge in [0.25, 0.3) is 0 Å². The third-order valence-electron chi connectivity index (χ3n) is 1.82. The van der Waals surface area contributed by atoms with Gasteiger partial charge in [0, 0.05) is 12.7 Å². The van der Waals surface area contributed by atoms with E-state index < -0.39 is 0 Å². The zero-order chi connectivity index (χ0) is 11.1. The molecule has 0 amide bonds. The fourth-order valence-electron chi connectivity index (χ4n) is 1.14. The van der Waals surface area contributed by atoms with E-state index in [2.05, 4.69) is 4.98 Å². The lowest BCUT2D eigenvalue weighted by Gasteiger charge is -2.13. The molecule has 0 aliphatic heterocycles. The van der Waals surface area contributed by atoms with Crippen LogP contribution in [0.2, 0.25) is 0 Å². The van der Waals surface area contributed by atoms with Gasteiger partial charge in [-0.25, -0.2) is 4.98 Å². The van der Waals surface area contributed by atoms with Crippen molar-refractivity contribution in [2.45, 2.75) is 26.6 Å². The Labute approximate surface area is 89.9 Å². The predicted octanol–water partition coefficient (Wildman–Crippen LogP) is 1.38. The van der Waals surface area contributed by atoms with Crippen LogP contribution in [0.4, 0.5) is 0 Å². The van der Waals surface area contributed by atoms with Crippen molar-refractivity contribution in [3.05, 3.63) is 23.9 Å². The molecule has 1 atom stereocenters. The number of pyridine rings is 1. The van der Waals surface area contributed by atoms with Gasteiger partial charge in [0.05, 0.1) is 18.9 Å². The number of nitrogens with zero attached hydrogens (tertiary/aromatic N) is 1. The highest BCUT2D eigenvalue weighted by Gasteiger charge is 2.05. The molecule has 1 heterocycles. The molecular weight excluding hydrogens is 194 g/mol. The maximum Gasteiger partial charge on any atom is 0.213 e. The lowest BCUT2D eigenvalue weighted by molar-refractivity contribution is 0.0631. The molecule has 0 aliphatic rings. The van der Waals surface area contributed by atoms with Crippen LogP contribution in [0.25, 0.3) is 0 Å². The molecule has 0 bridgehead atoms. The van der Waals surface area contributed by atoms with Crippen molar-refractivity contribution < 1.29 is 14.6 Å². The molecule has 0 aromatic carbocycles. The second-order valence-electron chi connectivity index (χ2n) is 3.21. The molecule has 1 rings (SSSR count). The van der Waals surface area contributed by atoms with Crippen molar-refractivity contribution >= 4 is 0 Å². The monoisotopic (exact) mass is 211 g/mol. The number of ether oxygens (including phenoxy) is 2. The molecule has 15 heavy (non-hydrogen) atoms. The van der Waals surface area contributed by atoms with E-state index in [4.69, 9.17) is 14.6 Å². The number of hydrogen-bond acceptors (Lipinski definition) is 4. The van der Waals surface area contributed by atoms with Crippen LogP contribution in [-0.2, 0) is 11.3 Å². The molecule has 1 aromatic rings. The highest BCUT2D eigenvalue weighted by Crippen LogP contribution is 2.09. The first kappa shape index (κ1) is 11.9. The third kappa shape index (κ3) is 4.27. The minimum absolute atomic E-state index is 0.0357. The average molecular weight is 211 g/mol. The topological polar surface area (TPSA) is 51.6 Å². The maximum atomic E-state index is 8.89. The molecule has 0 radical (unpaired) electrons. The summed E-state index contributed by atoms with van der Waals surface area (Å²) in [4.78, 5) is 4.11. The van der Waals surface area contributed by atoms with Crippen LogP contribution >= 0.6 is 0 Å². The Morgan fingerprint density at radius 1 is 1.47 bits per heavy atom. The molecule has 0 spiro atoms. The molecule has 1 N–H and O–H groups in total. The lowest BCUT2D eigenvalue weighted by Crippen LogP contribution is -2.19. The van der Waals surface area contributed by atoms with Crippen molar-refractivity contribution in [1.82, 2.24) is 4.98 Å². The van der Waals surface area contributed by atoms with E-state index in [-0.39, 0.29) is 12.7 Å². The molecule has 0 fully saturated rings. The van der Waals surface area contributed by atoms with Gasteiger partial charge in [-0.3, -0.25) is 0 Å². The van der Waals surface area contributed by atoms with Gasteiger partial charge in [0.15, 0.2) is 0 Å². The summed E-state index contributed by atoms with van der Waals surface area (Å²) in [7, 11) is 0. The predicted molar refractivity (Wildman–Crippen MR) is 56.7 cm³/mol. The molecule has 1 unspecified atom stereocenters. The second kappa shape index (κ2) is 6.37. The van der Waals surface area contributed by atoms with Crippen LogP contribution in [0.1, 0.15) is 19.5 Å². The molecule has 4 nitrogen and oxygen atoms in total. The number of hydrogen-bond donors (Lipinski definition) is 1. The van der Waals surface area contributed by atoms with Gasteiger partial charge in [-0.05, 0) is 19.9 Å².